The molecule has 3 heterocycles. The van der Waals surface area contributed by atoms with Crippen molar-refractivity contribution in [1.82, 2.24) is 24.0 Å². The first-order chi connectivity index (χ1) is 14.9. The lowest BCUT2D eigenvalue weighted by molar-refractivity contribution is 0.248. The van der Waals surface area contributed by atoms with Gasteiger partial charge >= 0.3 is 5.69 Å². The first-order valence-corrected chi connectivity index (χ1v) is 11.3. The Hall–Kier alpha value is -2.29. The van der Waals surface area contributed by atoms with Crippen LogP contribution >= 0.6 is 23.2 Å². The molecule has 3 aromatic rings. The van der Waals surface area contributed by atoms with Gasteiger partial charge in [-0.3, -0.25) is 19.2 Å². The van der Waals surface area contributed by atoms with Crippen molar-refractivity contribution in [3.05, 3.63) is 54.6 Å². The fourth-order valence-corrected chi connectivity index (χ4v) is 4.46. The summed E-state index contributed by atoms with van der Waals surface area (Å²) in [6.07, 6.45) is 1.92. The van der Waals surface area contributed by atoms with E-state index in [0.29, 0.717) is 27.8 Å². The number of aryl methyl sites for hydroxylation is 2. The maximum Gasteiger partial charge on any atom is 0.329 e. The predicted octanol–water partition coefficient (Wildman–Crippen LogP) is 2.85. The highest BCUT2D eigenvalue weighted by molar-refractivity contribution is 6.35. The van der Waals surface area contributed by atoms with Crippen molar-refractivity contribution in [2.24, 2.45) is 7.05 Å². The number of aromatic amines is 1. The number of piperazine rings is 1. The number of aromatic nitrogens is 4. The zero-order valence-electron chi connectivity index (χ0n) is 17.7. The summed E-state index contributed by atoms with van der Waals surface area (Å²) < 4.78 is 3.37. The maximum absolute atomic E-state index is 12.6. The third kappa shape index (κ3) is 4.37. The number of H-pyrrole nitrogens is 1. The van der Waals surface area contributed by atoms with Gasteiger partial charge in [-0.1, -0.05) is 42.6 Å². The molecule has 1 aliphatic heterocycles. The number of nitrogens with zero attached hydrogens (tertiary/aromatic N) is 5. The Kier molecular flexibility index (Phi) is 6.41. The number of anilines is 1. The SMILES string of the molecule is CCCCn1c(N2CCN(Cc3ccc(Cl)cc3Cl)CC2)nc2c1c(=O)[nH]c(=O)n2C. The van der Waals surface area contributed by atoms with Crippen LogP contribution < -0.4 is 16.1 Å². The van der Waals surface area contributed by atoms with Crippen LogP contribution in [0, 0.1) is 0 Å². The van der Waals surface area contributed by atoms with Gasteiger partial charge < -0.3 is 9.47 Å². The third-order valence-electron chi connectivity index (χ3n) is 5.79. The summed E-state index contributed by atoms with van der Waals surface area (Å²) in [7, 11) is 1.63. The van der Waals surface area contributed by atoms with Gasteiger partial charge in [-0.05, 0) is 24.1 Å². The number of nitrogens with one attached hydrogen (secondary N) is 1. The Morgan fingerprint density at radius 1 is 1.13 bits per heavy atom. The fraction of sp³-hybridized carbons (Fsp3) is 0.476. The van der Waals surface area contributed by atoms with Gasteiger partial charge in [0, 0.05) is 56.4 Å². The Labute approximate surface area is 190 Å². The summed E-state index contributed by atoms with van der Waals surface area (Å²) >= 11 is 12.3. The standard InChI is InChI=1S/C21H26Cl2N6O2/c1-3-4-7-29-17-18(26(2)21(31)25-19(17)30)24-20(29)28-10-8-27(9-11-28)13-14-5-6-15(22)12-16(14)23/h5-6,12H,3-4,7-11,13H2,1-2H3,(H,25,30,31). The molecule has 0 amide bonds. The molecule has 0 aliphatic carbocycles. The van der Waals surface area contributed by atoms with E-state index in [1.54, 1.807) is 13.1 Å². The summed E-state index contributed by atoms with van der Waals surface area (Å²) in [5, 5.41) is 1.31. The second-order valence-corrected chi connectivity index (χ2v) is 8.75. The number of rotatable bonds is 6. The van der Waals surface area contributed by atoms with Gasteiger partial charge in [-0.25, -0.2) is 4.79 Å². The molecule has 0 spiro atoms. The molecule has 10 heteroatoms. The lowest BCUT2D eigenvalue weighted by atomic mass is 10.2. The second-order valence-electron chi connectivity index (χ2n) is 7.91. The van der Waals surface area contributed by atoms with E-state index in [9.17, 15) is 9.59 Å². The molecule has 0 radical (unpaired) electrons. The summed E-state index contributed by atoms with van der Waals surface area (Å²) in [5.74, 6) is 0.749. The van der Waals surface area contributed by atoms with Crippen molar-refractivity contribution in [3.8, 4) is 0 Å². The highest BCUT2D eigenvalue weighted by Crippen LogP contribution is 2.25. The smallest absolute Gasteiger partial charge is 0.329 e. The van der Waals surface area contributed by atoms with E-state index in [1.165, 1.54) is 4.57 Å². The highest BCUT2D eigenvalue weighted by Gasteiger charge is 2.25. The van der Waals surface area contributed by atoms with Crippen LogP contribution in [0.25, 0.3) is 11.2 Å². The quantitative estimate of drug-likeness (QED) is 0.606. The van der Waals surface area contributed by atoms with Crippen LogP contribution in [0.2, 0.25) is 10.0 Å². The zero-order valence-corrected chi connectivity index (χ0v) is 19.2. The summed E-state index contributed by atoms with van der Waals surface area (Å²) in [5.41, 5.74) is 1.10. The van der Waals surface area contributed by atoms with Gasteiger partial charge in [0.2, 0.25) is 5.95 Å². The first-order valence-electron chi connectivity index (χ1n) is 10.5. The number of halogens is 2. The molecule has 0 atom stereocenters. The van der Waals surface area contributed by atoms with E-state index in [4.69, 9.17) is 28.2 Å². The van der Waals surface area contributed by atoms with Crippen molar-refractivity contribution < 1.29 is 0 Å². The van der Waals surface area contributed by atoms with Crippen LogP contribution in [-0.2, 0) is 20.1 Å². The molecule has 0 saturated carbocycles. The van der Waals surface area contributed by atoms with Crippen LogP contribution in [0.5, 0.6) is 0 Å². The zero-order chi connectivity index (χ0) is 22.1. The lowest BCUT2D eigenvalue weighted by Crippen LogP contribution is -2.47. The normalized spacial score (nSPS) is 15.2. The predicted molar refractivity (Wildman–Crippen MR) is 124 cm³/mol. The molecular weight excluding hydrogens is 439 g/mol. The molecule has 8 nitrogen and oxygen atoms in total. The number of fused-ring (bicyclic) bond motifs is 1. The maximum atomic E-state index is 12.6. The Bertz CT molecular complexity index is 1210. The van der Waals surface area contributed by atoms with E-state index in [2.05, 4.69) is 21.7 Å². The fourth-order valence-electron chi connectivity index (χ4n) is 3.99. The van der Waals surface area contributed by atoms with Crippen LogP contribution in [0.15, 0.2) is 27.8 Å². The van der Waals surface area contributed by atoms with Crippen molar-refractivity contribution in [2.75, 3.05) is 31.1 Å². The lowest BCUT2D eigenvalue weighted by Gasteiger charge is -2.35. The Morgan fingerprint density at radius 2 is 1.87 bits per heavy atom. The van der Waals surface area contributed by atoms with Crippen LogP contribution in [0.1, 0.15) is 25.3 Å². The summed E-state index contributed by atoms with van der Waals surface area (Å²) in [6.45, 7) is 6.77. The molecule has 1 aromatic carbocycles. The van der Waals surface area contributed by atoms with Crippen LogP contribution in [-0.4, -0.2) is 50.2 Å². The molecule has 1 fully saturated rings. The highest BCUT2D eigenvalue weighted by atomic mass is 35.5. The van der Waals surface area contributed by atoms with E-state index in [1.807, 2.05) is 16.7 Å². The second kappa shape index (κ2) is 9.06. The van der Waals surface area contributed by atoms with E-state index in [-0.39, 0.29) is 5.56 Å². The van der Waals surface area contributed by atoms with Crippen LogP contribution in [0.3, 0.4) is 0 Å². The van der Waals surface area contributed by atoms with Crippen LogP contribution in [0.4, 0.5) is 5.95 Å². The molecule has 1 saturated heterocycles. The average molecular weight is 465 g/mol. The van der Waals surface area contributed by atoms with E-state index >= 15 is 0 Å². The van der Waals surface area contributed by atoms with Gasteiger partial charge in [0.05, 0.1) is 0 Å². The minimum Gasteiger partial charge on any atom is -0.340 e. The minimum atomic E-state index is -0.450. The molecule has 1 N–H and O–H groups in total. The molecule has 0 unspecified atom stereocenters. The number of unbranched alkanes of at least 4 members (excludes halogenated alkanes) is 1. The molecule has 1 aliphatic rings. The third-order valence-corrected chi connectivity index (χ3v) is 6.37. The number of benzene rings is 1. The van der Waals surface area contributed by atoms with Gasteiger partial charge in [0.1, 0.15) is 0 Å². The summed E-state index contributed by atoms with van der Waals surface area (Å²) in [6, 6.07) is 5.59. The van der Waals surface area contributed by atoms with Crippen molar-refractivity contribution in [1.29, 1.82) is 0 Å². The Morgan fingerprint density at radius 3 is 2.55 bits per heavy atom. The largest absolute Gasteiger partial charge is 0.340 e. The van der Waals surface area contributed by atoms with E-state index in [0.717, 1.165) is 57.1 Å². The first kappa shape index (κ1) is 21.9. The molecule has 0 bridgehead atoms. The van der Waals surface area contributed by atoms with Crippen molar-refractivity contribution >= 4 is 40.3 Å². The monoisotopic (exact) mass is 464 g/mol. The molecular formula is C21H26Cl2N6O2. The number of hydrogen-bond acceptors (Lipinski definition) is 5. The Balaban J connectivity index is 1.58. The van der Waals surface area contributed by atoms with Gasteiger partial charge in [0.25, 0.3) is 5.56 Å². The van der Waals surface area contributed by atoms with Gasteiger partial charge in [-0.15, -0.1) is 0 Å². The molecule has 4 rings (SSSR count). The summed E-state index contributed by atoms with van der Waals surface area (Å²) in [4.78, 5) is 36.3. The van der Waals surface area contributed by atoms with Crippen molar-refractivity contribution in [2.45, 2.75) is 32.9 Å². The van der Waals surface area contributed by atoms with Gasteiger partial charge in [-0.2, -0.15) is 4.98 Å². The number of hydrogen-bond donors (Lipinski definition) is 1. The molecule has 166 valence electrons. The topological polar surface area (TPSA) is 79.2 Å². The average Bonchev–Trinajstić information content (AvgIpc) is 3.13. The molecule has 2 aromatic heterocycles. The van der Waals surface area contributed by atoms with Gasteiger partial charge in [0.15, 0.2) is 11.2 Å². The van der Waals surface area contributed by atoms with Crippen molar-refractivity contribution in [3.63, 3.8) is 0 Å². The van der Waals surface area contributed by atoms with E-state index < -0.39 is 5.69 Å². The number of imidazole rings is 1. The molecule has 31 heavy (non-hydrogen) atoms. The minimum absolute atomic E-state index is 0.385.